The lowest BCUT2D eigenvalue weighted by Crippen LogP contribution is -2.44. The van der Waals surface area contributed by atoms with Gasteiger partial charge in [0, 0.05) is 31.6 Å². The van der Waals surface area contributed by atoms with E-state index in [-0.39, 0.29) is 0 Å². The van der Waals surface area contributed by atoms with Crippen LogP contribution in [0, 0.1) is 3.57 Å². The zero-order valence-electron chi connectivity index (χ0n) is 10.9. The molecular formula is C14H20INS2. The average Bonchev–Trinajstić information content (AvgIpc) is 2.39. The molecule has 1 nitrogen and oxygen atoms in total. The third-order valence-electron chi connectivity index (χ3n) is 3.37. The van der Waals surface area contributed by atoms with Gasteiger partial charge in [0.1, 0.15) is 0 Å². The van der Waals surface area contributed by atoms with Gasteiger partial charge in [0.05, 0.1) is 0 Å². The van der Waals surface area contributed by atoms with Crippen LogP contribution in [-0.4, -0.2) is 35.1 Å². The fourth-order valence-corrected chi connectivity index (χ4v) is 5.71. The molecule has 2 rings (SSSR count). The second kappa shape index (κ2) is 7.41. The molecule has 18 heavy (non-hydrogen) atoms. The molecule has 1 N–H and O–H groups in total. The Morgan fingerprint density at radius 2 is 1.94 bits per heavy atom. The molecular weight excluding hydrogens is 373 g/mol. The van der Waals surface area contributed by atoms with Gasteiger partial charge in [-0.1, -0.05) is 19.1 Å². The van der Waals surface area contributed by atoms with E-state index in [1.807, 2.05) is 0 Å². The Bertz CT molecular complexity index is 369. The summed E-state index contributed by atoms with van der Waals surface area (Å²) in [5.74, 6) is 2.60. The number of rotatable bonds is 4. The van der Waals surface area contributed by atoms with Crippen molar-refractivity contribution in [2.24, 2.45) is 0 Å². The second-order valence-electron chi connectivity index (χ2n) is 4.64. The number of benzene rings is 1. The minimum absolute atomic E-state index is 0.581. The normalized spacial score (nSPS) is 25.9. The van der Waals surface area contributed by atoms with Gasteiger partial charge in [-0.2, -0.15) is 23.5 Å². The van der Waals surface area contributed by atoms with Crippen LogP contribution >= 0.6 is 46.1 Å². The van der Waals surface area contributed by atoms with Gasteiger partial charge in [0.2, 0.25) is 0 Å². The van der Waals surface area contributed by atoms with E-state index in [0.717, 1.165) is 16.9 Å². The summed E-state index contributed by atoms with van der Waals surface area (Å²) in [6.07, 6.45) is 1.13. The molecule has 0 radical (unpaired) electrons. The summed E-state index contributed by atoms with van der Waals surface area (Å²) in [6, 6.07) is 9.51. The lowest BCUT2D eigenvalue weighted by molar-refractivity contribution is 0.531. The maximum Gasteiger partial charge on any atom is 0.0320 e. The molecule has 1 aromatic carbocycles. The van der Waals surface area contributed by atoms with E-state index < -0.39 is 0 Å². The lowest BCUT2D eigenvalue weighted by atomic mass is 10.0. The van der Waals surface area contributed by atoms with E-state index >= 15 is 0 Å². The maximum absolute atomic E-state index is 3.53. The monoisotopic (exact) mass is 393 g/mol. The molecule has 0 saturated carbocycles. The molecule has 1 aliphatic heterocycles. The predicted molar refractivity (Wildman–Crippen MR) is 93.9 cm³/mol. The molecule has 4 heteroatoms. The molecule has 3 unspecified atom stereocenters. The fourth-order valence-electron chi connectivity index (χ4n) is 2.35. The molecule has 100 valence electrons. The summed E-state index contributed by atoms with van der Waals surface area (Å²) in [4.78, 5) is 0. The highest BCUT2D eigenvalue weighted by atomic mass is 127. The highest BCUT2D eigenvalue weighted by molar-refractivity contribution is 14.1. The minimum atomic E-state index is 0.581. The molecule has 1 aromatic rings. The molecule has 0 bridgehead atoms. The quantitative estimate of drug-likeness (QED) is 0.785. The van der Waals surface area contributed by atoms with Crippen LogP contribution < -0.4 is 5.32 Å². The third kappa shape index (κ3) is 4.05. The van der Waals surface area contributed by atoms with Gasteiger partial charge in [-0.15, -0.1) is 0 Å². The van der Waals surface area contributed by atoms with Crippen LogP contribution in [0.3, 0.4) is 0 Å². The summed E-state index contributed by atoms with van der Waals surface area (Å²) >= 11 is 6.63. The van der Waals surface area contributed by atoms with Gasteiger partial charge in [0.15, 0.2) is 0 Å². The highest BCUT2D eigenvalue weighted by Crippen LogP contribution is 2.33. The summed E-state index contributed by atoms with van der Waals surface area (Å²) in [6.45, 7) is 2.37. The smallest absolute Gasteiger partial charge is 0.0320 e. The fraction of sp³-hybridized carbons (Fsp3) is 0.571. The van der Waals surface area contributed by atoms with E-state index in [1.165, 1.54) is 20.6 Å². The highest BCUT2D eigenvalue weighted by Gasteiger charge is 2.29. The topological polar surface area (TPSA) is 12.0 Å². The molecule has 0 aliphatic carbocycles. The first-order valence-electron chi connectivity index (χ1n) is 6.35. The van der Waals surface area contributed by atoms with Crippen molar-refractivity contribution in [3.8, 4) is 0 Å². The van der Waals surface area contributed by atoms with Crippen molar-refractivity contribution in [1.82, 2.24) is 5.32 Å². The van der Waals surface area contributed by atoms with Gasteiger partial charge in [-0.25, -0.2) is 0 Å². The van der Waals surface area contributed by atoms with Crippen molar-refractivity contribution in [3.63, 3.8) is 0 Å². The predicted octanol–water partition coefficient (Wildman–Crippen LogP) is 3.66. The van der Waals surface area contributed by atoms with Crippen LogP contribution in [0.4, 0.5) is 0 Å². The number of hydrogen-bond acceptors (Lipinski definition) is 3. The third-order valence-corrected chi connectivity index (χ3v) is 7.34. The molecule has 0 aromatic heterocycles. The SMILES string of the molecule is CNC(Cc1ccc(I)cc1)C1SCCSC1C. The van der Waals surface area contributed by atoms with E-state index in [9.17, 15) is 0 Å². The molecule has 1 fully saturated rings. The summed E-state index contributed by atoms with van der Waals surface area (Å²) in [5.41, 5.74) is 1.44. The summed E-state index contributed by atoms with van der Waals surface area (Å²) < 4.78 is 1.31. The van der Waals surface area contributed by atoms with Crippen LogP contribution in [0.2, 0.25) is 0 Å². The Morgan fingerprint density at radius 1 is 1.28 bits per heavy atom. The van der Waals surface area contributed by atoms with Gasteiger partial charge < -0.3 is 5.32 Å². The van der Waals surface area contributed by atoms with Crippen molar-refractivity contribution in [2.75, 3.05) is 18.6 Å². The van der Waals surface area contributed by atoms with Crippen LogP contribution in [0.15, 0.2) is 24.3 Å². The Kier molecular flexibility index (Phi) is 6.18. The average molecular weight is 393 g/mol. The Balaban J connectivity index is 2.02. The van der Waals surface area contributed by atoms with Crippen molar-refractivity contribution >= 4 is 46.1 Å². The number of likely N-dealkylation sites (N-methyl/N-ethyl adjacent to an activating group) is 1. The Hall–Kier alpha value is 0.610. The Labute approximate surface area is 132 Å². The first-order chi connectivity index (χ1) is 8.70. The number of nitrogens with one attached hydrogen (secondary N) is 1. The zero-order valence-corrected chi connectivity index (χ0v) is 14.6. The van der Waals surface area contributed by atoms with Crippen LogP contribution in [0.25, 0.3) is 0 Å². The maximum atomic E-state index is 3.53. The molecule has 0 spiro atoms. The van der Waals surface area contributed by atoms with Crippen molar-refractivity contribution in [2.45, 2.75) is 29.9 Å². The van der Waals surface area contributed by atoms with E-state index in [4.69, 9.17) is 0 Å². The molecule has 0 amide bonds. The van der Waals surface area contributed by atoms with Gasteiger partial charge in [0.25, 0.3) is 0 Å². The zero-order chi connectivity index (χ0) is 13.0. The lowest BCUT2D eigenvalue weighted by Gasteiger charge is -2.34. The Morgan fingerprint density at radius 3 is 2.56 bits per heavy atom. The molecule has 3 atom stereocenters. The van der Waals surface area contributed by atoms with Crippen molar-refractivity contribution < 1.29 is 0 Å². The van der Waals surface area contributed by atoms with Crippen LogP contribution in [-0.2, 0) is 6.42 Å². The van der Waals surface area contributed by atoms with Crippen molar-refractivity contribution in [3.05, 3.63) is 33.4 Å². The minimum Gasteiger partial charge on any atom is -0.316 e. The number of halogens is 1. The van der Waals surface area contributed by atoms with Crippen LogP contribution in [0.1, 0.15) is 12.5 Å². The number of hydrogen-bond donors (Lipinski definition) is 1. The summed E-state index contributed by atoms with van der Waals surface area (Å²) in [7, 11) is 2.10. The van der Waals surface area contributed by atoms with Crippen molar-refractivity contribution in [1.29, 1.82) is 0 Å². The van der Waals surface area contributed by atoms with E-state index in [1.54, 1.807) is 0 Å². The second-order valence-corrected chi connectivity index (χ2v) is 8.65. The summed E-state index contributed by atoms with van der Waals surface area (Å²) in [5, 5.41) is 5.01. The van der Waals surface area contributed by atoms with Crippen LogP contribution in [0.5, 0.6) is 0 Å². The van der Waals surface area contributed by atoms with Gasteiger partial charge in [-0.3, -0.25) is 0 Å². The van der Waals surface area contributed by atoms with Gasteiger partial charge >= 0.3 is 0 Å². The molecule has 1 aliphatic rings. The standard InChI is InChI=1S/C14H20INS2/c1-10-14(18-8-7-17-10)13(16-2)9-11-3-5-12(15)6-4-11/h3-6,10,13-14,16H,7-9H2,1-2H3. The van der Waals surface area contributed by atoms with Gasteiger partial charge in [-0.05, 0) is 53.8 Å². The van der Waals surface area contributed by atoms with E-state index in [2.05, 4.69) is 89.7 Å². The first kappa shape index (κ1) is 15.0. The molecule has 1 saturated heterocycles. The number of thioether (sulfide) groups is 2. The van der Waals surface area contributed by atoms with E-state index in [0.29, 0.717) is 6.04 Å². The largest absolute Gasteiger partial charge is 0.316 e. The first-order valence-corrected chi connectivity index (χ1v) is 9.53. The molecule has 1 heterocycles.